The van der Waals surface area contributed by atoms with Crippen molar-refractivity contribution in [2.75, 3.05) is 52.4 Å². The molecule has 1 aliphatic rings. The summed E-state index contributed by atoms with van der Waals surface area (Å²) in [7, 11) is 2.86. The number of anilines is 1. The number of carbonyl (C=O) groups is 3. The van der Waals surface area contributed by atoms with Gasteiger partial charge in [-0.1, -0.05) is 6.07 Å². The van der Waals surface area contributed by atoms with Gasteiger partial charge in [0.25, 0.3) is 11.8 Å². The van der Waals surface area contributed by atoms with Gasteiger partial charge >= 0.3 is 5.97 Å². The zero-order valence-corrected chi connectivity index (χ0v) is 23.0. The first-order chi connectivity index (χ1) is 19.8. The van der Waals surface area contributed by atoms with Crippen LogP contribution in [0.4, 0.5) is 5.82 Å². The summed E-state index contributed by atoms with van der Waals surface area (Å²) in [5, 5.41) is 2.70. The molecular formula is C28H31N5O8. The Kier molecular flexibility index (Phi) is 10.1. The maximum atomic E-state index is 13.1. The zero-order valence-electron chi connectivity index (χ0n) is 23.0. The molecule has 0 spiro atoms. The van der Waals surface area contributed by atoms with E-state index in [9.17, 15) is 14.4 Å². The molecule has 0 aliphatic carbocycles. The average Bonchev–Trinajstić information content (AvgIpc) is 2.98. The molecule has 1 N–H and O–H groups in total. The third kappa shape index (κ3) is 8.43. The van der Waals surface area contributed by atoms with E-state index in [0.29, 0.717) is 44.0 Å². The molecule has 1 saturated heterocycles. The Labute approximate surface area is 236 Å². The molecule has 0 saturated carbocycles. The molecule has 4 heterocycles. The van der Waals surface area contributed by atoms with Gasteiger partial charge in [-0.15, -0.1) is 0 Å². The van der Waals surface area contributed by atoms with Gasteiger partial charge < -0.3 is 33.9 Å². The van der Waals surface area contributed by atoms with Crippen LogP contribution in [0.1, 0.15) is 33.2 Å². The first-order valence-electron chi connectivity index (χ1n) is 12.9. The monoisotopic (exact) mass is 565 g/mol. The molecule has 1 aliphatic heterocycles. The number of hydrogen-bond acceptors (Lipinski definition) is 11. The number of nitrogens with zero attached hydrogens (tertiary/aromatic N) is 4. The lowest BCUT2D eigenvalue weighted by atomic mass is 10.2. The van der Waals surface area contributed by atoms with Crippen LogP contribution in [0.15, 0.2) is 48.8 Å². The minimum absolute atomic E-state index is 0.0541. The normalized spacial score (nSPS) is 13.7. The third-order valence-electron chi connectivity index (χ3n) is 5.90. The number of pyridine rings is 3. The van der Waals surface area contributed by atoms with Crippen LogP contribution in [-0.4, -0.2) is 90.9 Å². The number of rotatable bonds is 11. The third-order valence-corrected chi connectivity index (χ3v) is 5.90. The zero-order chi connectivity index (χ0) is 29.2. The van der Waals surface area contributed by atoms with E-state index in [1.54, 1.807) is 43.2 Å². The molecule has 0 radical (unpaired) electrons. The summed E-state index contributed by atoms with van der Waals surface area (Å²) < 4.78 is 26.7. The summed E-state index contributed by atoms with van der Waals surface area (Å²) in [5.41, 5.74) is 1.25. The molecule has 2 amide bonds. The van der Waals surface area contributed by atoms with Gasteiger partial charge in [0.2, 0.25) is 17.6 Å². The highest BCUT2D eigenvalue weighted by atomic mass is 16.5. The average molecular weight is 566 g/mol. The van der Waals surface area contributed by atoms with Crippen LogP contribution in [0.3, 0.4) is 0 Å². The molecule has 13 heteroatoms. The Bertz CT molecular complexity index is 1340. The molecule has 13 nitrogen and oxygen atoms in total. The highest BCUT2D eigenvalue weighted by Gasteiger charge is 2.20. The SMILES string of the molecule is COC[C@@H](C)Oc1cc(C(=O)Nc2ccc(CC(=O)OC)cn2)cc(Oc2ccc(C(=O)N3CCOCC3)cn2)n1. The van der Waals surface area contributed by atoms with E-state index in [0.717, 1.165) is 0 Å². The molecule has 0 aromatic carbocycles. The van der Waals surface area contributed by atoms with Crippen molar-refractivity contribution < 1.29 is 38.1 Å². The number of morpholine rings is 1. The predicted molar refractivity (Wildman–Crippen MR) is 145 cm³/mol. The van der Waals surface area contributed by atoms with E-state index in [1.165, 1.54) is 31.6 Å². The topological polar surface area (TPSA) is 151 Å². The molecule has 0 bridgehead atoms. The molecule has 1 fully saturated rings. The number of aromatic nitrogens is 3. The number of methoxy groups -OCH3 is 2. The molecule has 41 heavy (non-hydrogen) atoms. The summed E-state index contributed by atoms with van der Waals surface area (Å²) in [5.74, 6) is -0.382. The smallest absolute Gasteiger partial charge is 0.310 e. The number of carbonyl (C=O) groups excluding carboxylic acids is 3. The van der Waals surface area contributed by atoms with Crippen molar-refractivity contribution in [3.05, 3.63) is 65.5 Å². The predicted octanol–water partition coefficient (Wildman–Crippen LogP) is 2.52. The summed E-state index contributed by atoms with van der Waals surface area (Å²) in [6, 6.07) is 9.32. The number of hydrogen-bond donors (Lipinski definition) is 1. The number of nitrogens with one attached hydrogen (secondary N) is 1. The van der Waals surface area contributed by atoms with Crippen molar-refractivity contribution in [2.24, 2.45) is 0 Å². The Morgan fingerprint density at radius 3 is 2.41 bits per heavy atom. The van der Waals surface area contributed by atoms with Gasteiger partial charge in [-0.05, 0) is 24.6 Å². The van der Waals surface area contributed by atoms with Crippen LogP contribution in [0.25, 0.3) is 0 Å². The van der Waals surface area contributed by atoms with Gasteiger partial charge in [0, 0.05) is 50.8 Å². The Morgan fingerprint density at radius 1 is 0.976 bits per heavy atom. The number of esters is 1. The van der Waals surface area contributed by atoms with Crippen LogP contribution in [0, 0.1) is 0 Å². The van der Waals surface area contributed by atoms with Crippen LogP contribution < -0.4 is 14.8 Å². The largest absolute Gasteiger partial charge is 0.472 e. The van der Waals surface area contributed by atoms with Crippen LogP contribution >= 0.6 is 0 Å². The Hall–Kier alpha value is -4.62. The van der Waals surface area contributed by atoms with E-state index in [4.69, 9.17) is 18.9 Å². The maximum Gasteiger partial charge on any atom is 0.310 e. The highest BCUT2D eigenvalue weighted by Crippen LogP contribution is 2.24. The number of amides is 2. The standard InChI is InChI=1S/C28H31N5O8/c1-18(17-37-2)40-24-13-21(27(35)31-22-6-4-19(15-29-22)12-26(34)38-3)14-25(32-24)41-23-7-5-20(16-30-23)28(36)33-8-10-39-11-9-33/h4-7,13-16,18H,8-12,17H2,1-3H3,(H,29,31,35)/t18-/m1/s1. The van der Waals surface area contributed by atoms with Gasteiger partial charge in [-0.2, -0.15) is 4.98 Å². The molecule has 1 atom stereocenters. The summed E-state index contributed by atoms with van der Waals surface area (Å²) in [6.07, 6.45) is 2.62. The second-order valence-electron chi connectivity index (χ2n) is 9.07. The molecule has 4 rings (SSSR count). The summed E-state index contributed by atoms with van der Waals surface area (Å²) in [6.45, 7) is 4.14. The lowest BCUT2D eigenvalue weighted by molar-refractivity contribution is -0.139. The van der Waals surface area contributed by atoms with Gasteiger partial charge in [0.15, 0.2) is 0 Å². The lowest BCUT2D eigenvalue weighted by Gasteiger charge is -2.26. The fourth-order valence-electron chi connectivity index (χ4n) is 3.85. The van der Waals surface area contributed by atoms with Crippen LogP contribution in [-0.2, 0) is 25.4 Å². The Balaban J connectivity index is 1.50. The van der Waals surface area contributed by atoms with Gasteiger partial charge in [0.1, 0.15) is 11.9 Å². The van der Waals surface area contributed by atoms with Crippen LogP contribution in [0.2, 0.25) is 0 Å². The van der Waals surface area contributed by atoms with Crippen molar-refractivity contribution >= 4 is 23.6 Å². The van der Waals surface area contributed by atoms with E-state index in [1.807, 2.05) is 0 Å². The van der Waals surface area contributed by atoms with Crippen molar-refractivity contribution in [3.63, 3.8) is 0 Å². The first kappa shape index (κ1) is 29.4. The fourth-order valence-corrected chi connectivity index (χ4v) is 3.85. The molecule has 3 aromatic rings. The van der Waals surface area contributed by atoms with E-state index in [-0.39, 0.29) is 47.5 Å². The lowest BCUT2D eigenvalue weighted by Crippen LogP contribution is -2.40. The van der Waals surface area contributed by atoms with Crippen LogP contribution in [0.5, 0.6) is 17.6 Å². The van der Waals surface area contributed by atoms with Gasteiger partial charge in [0.05, 0.1) is 44.5 Å². The molecule has 216 valence electrons. The molecule has 3 aromatic heterocycles. The van der Waals surface area contributed by atoms with Crippen molar-refractivity contribution in [1.29, 1.82) is 0 Å². The minimum Gasteiger partial charge on any atom is -0.472 e. The number of ether oxygens (including phenoxy) is 5. The van der Waals surface area contributed by atoms with Crippen molar-refractivity contribution in [1.82, 2.24) is 19.9 Å². The quantitative estimate of drug-likeness (QED) is 0.342. The highest BCUT2D eigenvalue weighted by molar-refractivity contribution is 6.04. The van der Waals surface area contributed by atoms with Gasteiger partial charge in [-0.3, -0.25) is 14.4 Å². The van der Waals surface area contributed by atoms with Gasteiger partial charge in [-0.25, -0.2) is 9.97 Å². The van der Waals surface area contributed by atoms with E-state index in [2.05, 4.69) is 25.0 Å². The minimum atomic E-state index is -0.492. The molecular weight excluding hydrogens is 534 g/mol. The fraction of sp³-hybridized carbons (Fsp3) is 0.357. The summed E-state index contributed by atoms with van der Waals surface area (Å²) in [4.78, 5) is 51.8. The second kappa shape index (κ2) is 14.1. The maximum absolute atomic E-state index is 13.1. The summed E-state index contributed by atoms with van der Waals surface area (Å²) >= 11 is 0. The van der Waals surface area contributed by atoms with E-state index >= 15 is 0 Å². The first-order valence-corrected chi connectivity index (χ1v) is 12.9. The second-order valence-corrected chi connectivity index (χ2v) is 9.07. The van der Waals surface area contributed by atoms with Crippen molar-refractivity contribution in [2.45, 2.75) is 19.4 Å². The molecule has 0 unspecified atom stereocenters. The van der Waals surface area contributed by atoms with Crippen molar-refractivity contribution in [3.8, 4) is 17.6 Å². The Morgan fingerprint density at radius 2 is 1.76 bits per heavy atom. The van der Waals surface area contributed by atoms with E-state index < -0.39 is 11.9 Å².